The van der Waals surface area contributed by atoms with Crippen LogP contribution in [0.15, 0.2) is 54.6 Å². The molecule has 0 atom stereocenters. The van der Waals surface area contributed by atoms with Gasteiger partial charge < -0.3 is 4.74 Å². The predicted octanol–water partition coefficient (Wildman–Crippen LogP) is 4.46. The third-order valence-corrected chi connectivity index (χ3v) is 4.58. The molecule has 5 nitrogen and oxygen atoms in total. The molecular weight excluding hydrogens is 358 g/mol. The largest absolute Gasteiger partial charge is 0.494 e. The standard InChI is InChI=1S/C18H16ClN3O2S/c19-15-10-5-4-9-14(15)17(23)20-18-22-21-16(25-18)11-6-12-24-13-7-2-1-3-8-13/h1-5,7-10H,6,11-12H2,(H,20,22,23). The normalized spacial score (nSPS) is 10.4. The number of hydrogen-bond acceptors (Lipinski definition) is 5. The molecule has 128 valence electrons. The van der Waals surface area contributed by atoms with Crippen LogP contribution >= 0.6 is 22.9 Å². The van der Waals surface area contributed by atoms with Gasteiger partial charge in [0.15, 0.2) is 0 Å². The Balaban J connectivity index is 1.47. The van der Waals surface area contributed by atoms with Gasteiger partial charge in [-0.3, -0.25) is 10.1 Å². The molecule has 0 unspecified atom stereocenters. The summed E-state index contributed by atoms with van der Waals surface area (Å²) in [5.41, 5.74) is 0.414. The van der Waals surface area contributed by atoms with Crippen molar-refractivity contribution in [2.75, 3.05) is 11.9 Å². The Kier molecular flexibility index (Phi) is 5.98. The van der Waals surface area contributed by atoms with Gasteiger partial charge in [-0.1, -0.05) is 53.3 Å². The van der Waals surface area contributed by atoms with Gasteiger partial charge in [0.25, 0.3) is 5.91 Å². The zero-order valence-electron chi connectivity index (χ0n) is 13.3. The Labute approximate surface area is 154 Å². The molecule has 25 heavy (non-hydrogen) atoms. The van der Waals surface area contributed by atoms with E-state index in [1.807, 2.05) is 30.3 Å². The monoisotopic (exact) mass is 373 g/mol. The van der Waals surface area contributed by atoms with Gasteiger partial charge in [-0.05, 0) is 30.7 Å². The van der Waals surface area contributed by atoms with Crippen LogP contribution in [0.1, 0.15) is 21.8 Å². The first-order chi connectivity index (χ1) is 12.2. The Hall–Kier alpha value is -2.44. The fourth-order valence-electron chi connectivity index (χ4n) is 2.15. The first-order valence-electron chi connectivity index (χ1n) is 7.78. The molecular formula is C18H16ClN3O2S. The highest BCUT2D eigenvalue weighted by molar-refractivity contribution is 7.15. The quantitative estimate of drug-likeness (QED) is 0.621. The van der Waals surface area contributed by atoms with E-state index in [4.69, 9.17) is 16.3 Å². The summed E-state index contributed by atoms with van der Waals surface area (Å²) in [6.07, 6.45) is 1.56. The third-order valence-electron chi connectivity index (χ3n) is 3.35. The SMILES string of the molecule is O=C(Nc1nnc(CCCOc2ccccc2)s1)c1ccccc1Cl. The number of aryl methyl sites for hydroxylation is 1. The summed E-state index contributed by atoms with van der Waals surface area (Å²) < 4.78 is 5.64. The van der Waals surface area contributed by atoms with Crippen LogP contribution in [0.3, 0.4) is 0 Å². The number of hydrogen-bond donors (Lipinski definition) is 1. The minimum absolute atomic E-state index is 0.291. The second kappa shape index (κ2) is 8.60. The van der Waals surface area contributed by atoms with Crippen LogP contribution in [0, 0.1) is 0 Å². The number of ether oxygens (including phenoxy) is 1. The number of para-hydroxylation sites is 1. The first-order valence-corrected chi connectivity index (χ1v) is 8.98. The van der Waals surface area contributed by atoms with Gasteiger partial charge in [-0.2, -0.15) is 0 Å². The fraction of sp³-hybridized carbons (Fsp3) is 0.167. The molecule has 0 aliphatic rings. The Bertz CT molecular complexity index is 839. The number of nitrogens with zero attached hydrogens (tertiary/aromatic N) is 2. The molecule has 0 saturated carbocycles. The maximum Gasteiger partial charge on any atom is 0.259 e. The third kappa shape index (κ3) is 5.01. The van der Waals surface area contributed by atoms with Crippen molar-refractivity contribution in [2.45, 2.75) is 12.8 Å². The second-order valence-electron chi connectivity index (χ2n) is 5.20. The Morgan fingerprint density at radius 1 is 1.08 bits per heavy atom. The summed E-state index contributed by atoms with van der Waals surface area (Å²) in [5, 5.41) is 12.5. The fourth-order valence-corrected chi connectivity index (χ4v) is 3.14. The molecule has 1 N–H and O–H groups in total. The van der Waals surface area contributed by atoms with Crippen LogP contribution in [-0.2, 0) is 6.42 Å². The highest BCUT2D eigenvalue weighted by Crippen LogP contribution is 2.20. The van der Waals surface area contributed by atoms with Crippen molar-refractivity contribution >= 4 is 34.0 Å². The van der Waals surface area contributed by atoms with Gasteiger partial charge >= 0.3 is 0 Å². The average molecular weight is 374 g/mol. The van der Waals surface area contributed by atoms with Crippen LogP contribution in [0.2, 0.25) is 5.02 Å². The van der Waals surface area contributed by atoms with Gasteiger partial charge in [0.2, 0.25) is 5.13 Å². The van der Waals surface area contributed by atoms with Crippen LogP contribution in [-0.4, -0.2) is 22.7 Å². The minimum Gasteiger partial charge on any atom is -0.494 e. The summed E-state index contributed by atoms with van der Waals surface area (Å²) in [6, 6.07) is 16.6. The van der Waals surface area contributed by atoms with Crippen molar-refractivity contribution in [2.24, 2.45) is 0 Å². The lowest BCUT2D eigenvalue weighted by Crippen LogP contribution is -2.12. The molecule has 7 heteroatoms. The lowest BCUT2D eigenvalue weighted by molar-refractivity contribution is 0.102. The number of rotatable bonds is 7. The Morgan fingerprint density at radius 2 is 1.84 bits per heavy atom. The summed E-state index contributed by atoms with van der Waals surface area (Å²) >= 11 is 7.37. The summed E-state index contributed by atoms with van der Waals surface area (Å²) in [6.45, 7) is 0.602. The minimum atomic E-state index is -0.291. The van der Waals surface area contributed by atoms with Crippen molar-refractivity contribution in [3.63, 3.8) is 0 Å². The molecule has 1 heterocycles. The maximum absolute atomic E-state index is 12.2. The van der Waals surface area contributed by atoms with Crippen LogP contribution < -0.4 is 10.1 Å². The van der Waals surface area contributed by atoms with Gasteiger partial charge in [-0.15, -0.1) is 10.2 Å². The molecule has 0 aliphatic heterocycles. The van der Waals surface area contributed by atoms with Crippen molar-refractivity contribution in [1.29, 1.82) is 0 Å². The molecule has 2 aromatic carbocycles. The lowest BCUT2D eigenvalue weighted by atomic mass is 10.2. The number of anilines is 1. The highest BCUT2D eigenvalue weighted by atomic mass is 35.5. The van der Waals surface area contributed by atoms with Crippen molar-refractivity contribution in [1.82, 2.24) is 10.2 Å². The van der Waals surface area contributed by atoms with E-state index in [9.17, 15) is 4.79 Å². The smallest absolute Gasteiger partial charge is 0.259 e. The summed E-state index contributed by atoms with van der Waals surface area (Å²) in [4.78, 5) is 12.2. The van der Waals surface area contributed by atoms with Crippen molar-refractivity contribution in [3.05, 3.63) is 70.2 Å². The zero-order valence-corrected chi connectivity index (χ0v) is 14.9. The van der Waals surface area contributed by atoms with E-state index in [2.05, 4.69) is 15.5 Å². The first kappa shape index (κ1) is 17.4. The number of carbonyl (C=O) groups excluding carboxylic acids is 1. The second-order valence-corrected chi connectivity index (χ2v) is 6.67. The maximum atomic E-state index is 12.2. The average Bonchev–Trinajstić information content (AvgIpc) is 3.07. The molecule has 0 fully saturated rings. The highest BCUT2D eigenvalue weighted by Gasteiger charge is 2.12. The van der Waals surface area contributed by atoms with Crippen molar-refractivity contribution in [3.8, 4) is 5.75 Å². The van der Waals surface area contributed by atoms with E-state index in [-0.39, 0.29) is 5.91 Å². The molecule has 0 spiro atoms. The molecule has 1 aromatic heterocycles. The molecule has 0 aliphatic carbocycles. The van der Waals surface area contributed by atoms with Gasteiger partial charge in [0, 0.05) is 6.42 Å². The van der Waals surface area contributed by atoms with Gasteiger partial charge in [-0.25, -0.2) is 0 Å². The molecule has 3 rings (SSSR count). The van der Waals surface area contributed by atoms with Crippen LogP contribution in [0.4, 0.5) is 5.13 Å². The summed E-state index contributed by atoms with van der Waals surface area (Å²) in [7, 11) is 0. The van der Waals surface area contributed by atoms with Crippen LogP contribution in [0.5, 0.6) is 5.75 Å². The van der Waals surface area contributed by atoms with E-state index >= 15 is 0 Å². The van der Waals surface area contributed by atoms with E-state index in [1.165, 1.54) is 11.3 Å². The molecule has 1 amide bonds. The van der Waals surface area contributed by atoms with Crippen LogP contribution in [0.25, 0.3) is 0 Å². The van der Waals surface area contributed by atoms with E-state index < -0.39 is 0 Å². The topological polar surface area (TPSA) is 64.1 Å². The molecule has 0 bridgehead atoms. The number of aromatic nitrogens is 2. The van der Waals surface area contributed by atoms with Gasteiger partial charge in [0.05, 0.1) is 17.2 Å². The predicted molar refractivity (Wildman–Crippen MR) is 99.6 cm³/mol. The number of amides is 1. The molecule has 0 saturated heterocycles. The lowest BCUT2D eigenvalue weighted by Gasteiger charge is -2.04. The van der Waals surface area contributed by atoms with E-state index in [0.29, 0.717) is 22.3 Å². The number of halogens is 1. The zero-order chi connectivity index (χ0) is 17.5. The van der Waals surface area contributed by atoms with E-state index in [1.54, 1.807) is 24.3 Å². The number of carbonyl (C=O) groups is 1. The molecule has 3 aromatic rings. The van der Waals surface area contributed by atoms with E-state index in [0.717, 1.165) is 23.6 Å². The van der Waals surface area contributed by atoms with Crippen molar-refractivity contribution < 1.29 is 9.53 Å². The van der Waals surface area contributed by atoms with Gasteiger partial charge in [0.1, 0.15) is 10.8 Å². The number of benzene rings is 2. The Morgan fingerprint density at radius 3 is 2.64 bits per heavy atom. The molecule has 0 radical (unpaired) electrons. The summed E-state index contributed by atoms with van der Waals surface area (Å²) in [5.74, 6) is 0.563. The number of nitrogens with one attached hydrogen (secondary N) is 1.